The topological polar surface area (TPSA) is 75.7 Å². The first kappa shape index (κ1) is 22.0. The van der Waals surface area contributed by atoms with Crippen LogP contribution < -0.4 is 5.32 Å². The fraction of sp³-hybridized carbons (Fsp3) is 0.632. The Bertz CT molecular complexity index is 773. The van der Waals surface area contributed by atoms with Crippen LogP contribution in [0, 0.1) is 6.92 Å². The zero-order chi connectivity index (χ0) is 20.0. The summed E-state index contributed by atoms with van der Waals surface area (Å²) in [6.07, 6.45) is 4.81. The quantitative estimate of drug-likeness (QED) is 0.487. The number of carbonyl (C=O) groups is 1. The van der Waals surface area contributed by atoms with E-state index in [4.69, 9.17) is 4.74 Å². The van der Waals surface area contributed by atoms with Crippen molar-refractivity contribution >= 4 is 43.2 Å². The Morgan fingerprint density at radius 1 is 1.29 bits per heavy atom. The predicted octanol–water partition coefficient (Wildman–Crippen LogP) is 3.67. The second kappa shape index (κ2) is 10.3. The van der Waals surface area contributed by atoms with Crippen LogP contribution in [0.3, 0.4) is 0 Å². The van der Waals surface area contributed by atoms with E-state index in [-0.39, 0.29) is 10.8 Å². The Labute approximate surface area is 175 Å². The normalized spacial score (nSPS) is 21.0. The highest BCUT2D eigenvalue weighted by Crippen LogP contribution is 2.39. The average molecular weight is 445 g/mol. The monoisotopic (exact) mass is 444 g/mol. The molecule has 2 aliphatic heterocycles. The Balaban J connectivity index is 1.55. The molecule has 6 nitrogen and oxygen atoms in total. The molecule has 3 rings (SSSR count). The lowest BCUT2D eigenvalue weighted by Gasteiger charge is -2.26. The molecule has 1 aromatic carbocycles. The molecule has 1 atom stereocenters. The number of morpholine rings is 1. The zero-order valence-corrected chi connectivity index (χ0v) is 18.6. The summed E-state index contributed by atoms with van der Waals surface area (Å²) in [5.74, 6) is 1.17. The van der Waals surface area contributed by atoms with Crippen molar-refractivity contribution in [2.24, 2.45) is 0 Å². The summed E-state index contributed by atoms with van der Waals surface area (Å²) < 4.78 is 32.6. The third kappa shape index (κ3) is 5.89. The van der Waals surface area contributed by atoms with Crippen LogP contribution in [-0.4, -0.2) is 55.9 Å². The molecule has 1 unspecified atom stereocenters. The molecule has 2 fully saturated rings. The molecule has 2 saturated heterocycles. The van der Waals surface area contributed by atoms with E-state index in [9.17, 15) is 13.2 Å². The molecule has 1 N–H and O–H groups in total. The Kier molecular flexibility index (Phi) is 8.11. The number of nitrogens with zero attached hydrogens (tertiary/aromatic N) is 1. The molecule has 0 radical (unpaired) electrons. The lowest BCUT2D eigenvalue weighted by molar-refractivity contribution is -0.116. The minimum absolute atomic E-state index is 0.0629. The highest BCUT2D eigenvalue weighted by atomic mass is 33.1. The van der Waals surface area contributed by atoms with Crippen molar-refractivity contribution in [1.82, 2.24) is 4.31 Å². The smallest absolute Gasteiger partial charge is 0.243 e. The molecule has 0 aromatic heterocycles. The van der Waals surface area contributed by atoms with Crippen molar-refractivity contribution in [1.29, 1.82) is 0 Å². The first-order valence-corrected chi connectivity index (χ1v) is 13.6. The van der Waals surface area contributed by atoms with Crippen molar-refractivity contribution in [2.75, 3.05) is 37.4 Å². The van der Waals surface area contributed by atoms with Crippen molar-refractivity contribution in [3.05, 3.63) is 23.8 Å². The summed E-state index contributed by atoms with van der Waals surface area (Å²) in [5.41, 5.74) is 1.21. The van der Waals surface area contributed by atoms with Gasteiger partial charge < -0.3 is 10.1 Å². The Hall–Kier alpha value is -0.740. The van der Waals surface area contributed by atoms with Gasteiger partial charge in [0, 0.05) is 36.2 Å². The number of anilines is 1. The molecular weight excluding hydrogens is 416 g/mol. The molecular formula is C19H28N2O4S3. The largest absolute Gasteiger partial charge is 0.379 e. The second-order valence-electron chi connectivity index (χ2n) is 7.12. The minimum atomic E-state index is -3.58. The fourth-order valence-electron chi connectivity index (χ4n) is 3.33. The number of ether oxygens (including phenoxy) is 1. The van der Waals surface area contributed by atoms with Crippen molar-refractivity contribution in [3.63, 3.8) is 0 Å². The number of hydrogen-bond donors (Lipinski definition) is 1. The third-order valence-electron chi connectivity index (χ3n) is 4.97. The third-order valence-corrected chi connectivity index (χ3v) is 10.0. The number of rotatable bonds is 8. The first-order valence-electron chi connectivity index (χ1n) is 9.73. The summed E-state index contributed by atoms with van der Waals surface area (Å²) in [6.45, 7) is 3.31. The van der Waals surface area contributed by atoms with E-state index in [0.717, 1.165) is 24.5 Å². The SMILES string of the molecule is Cc1ccc(NC(=O)CCCCC2CCSS2)cc1S(=O)(=O)N1CCOCC1. The van der Waals surface area contributed by atoms with Crippen LogP contribution >= 0.6 is 21.6 Å². The van der Waals surface area contributed by atoms with E-state index in [2.05, 4.69) is 5.32 Å². The van der Waals surface area contributed by atoms with Crippen LogP contribution in [0.1, 0.15) is 37.7 Å². The van der Waals surface area contributed by atoms with Crippen LogP contribution in [0.25, 0.3) is 0 Å². The van der Waals surface area contributed by atoms with E-state index in [1.165, 1.54) is 16.5 Å². The van der Waals surface area contributed by atoms with Crippen LogP contribution in [0.5, 0.6) is 0 Å². The number of unbranched alkanes of at least 4 members (excludes halogenated alkanes) is 1. The zero-order valence-electron chi connectivity index (χ0n) is 16.2. The first-order chi connectivity index (χ1) is 13.5. The summed E-state index contributed by atoms with van der Waals surface area (Å²) in [6, 6.07) is 5.08. The van der Waals surface area contributed by atoms with Gasteiger partial charge in [-0.15, -0.1) is 0 Å². The molecule has 28 heavy (non-hydrogen) atoms. The van der Waals surface area contributed by atoms with Gasteiger partial charge in [0.05, 0.1) is 18.1 Å². The molecule has 0 bridgehead atoms. The van der Waals surface area contributed by atoms with Crippen LogP contribution in [0.2, 0.25) is 0 Å². The number of benzene rings is 1. The Morgan fingerprint density at radius 2 is 2.07 bits per heavy atom. The maximum atomic E-state index is 12.9. The van der Waals surface area contributed by atoms with Crippen LogP contribution in [-0.2, 0) is 19.6 Å². The average Bonchev–Trinajstić information content (AvgIpc) is 3.21. The van der Waals surface area contributed by atoms with Gasteiger partial charge in [0.25, 0.3) is 0 Å². The minimum Gasteiger partial charge on any atom is -0.379 e. The fourth-order valence-corrected chi connectivity index (χ4v) is 8.01. The molecule has 0 aliphatic carbocycles. The number of hydrogen-bond acceptors (Lipinski definition) is 6. The number of carbonyl (C=O) groups excluding carboxylic acids is 1. The summed E-state index contributed by atoms with van der Waals surface area (Å²) in [7, 11) is 0.325. The van der Waals surface area contributed by atoms with Gasteiger partial charge in [-0.3, -0.25) is 4.79 Å². The highest BCUT2D eigenvalue weighted by molar-refractivity contribution is 8.77. The van der Waals surface area contributed by atoms with E-state index in [1.807, 2.05) is 21.6 Å². The summed E-state index contributed by atoms with van der Waals surface area (Å²) in [5, 5.41) is 3.59. The van der Waals surface area contributed by atoms with Crippen molar-refractivity contribution < 1.29 is 17.9 Å². The number of amides is 1. The lowest BCUT2D eigenvalue weighted by atomic mass is 10.1. The van der Waals surface area contributed by atoms with Crippen molar-refractivity contribution in [3.8, 4) is 0 Å². The Morgan fingerprint density at radius 3 is 2.79 bits per heavy atom. The van der Waals surface area contributed by atoms with E-state index >= 15 is 0 Å². The van der Waals surface area contributed by atoms with E-state index < -0.39 is 10.0 Å². The molecule has 1 aromatic rings. The van der Waals surface area contributed by atoms with Gasteiger partial charge >= 0.3 is 0 Å². The molecule has 2 heterocycles. The predicted molar refractivity (Wildman–Crippen MR) is 116 cm³/mol. The molecule has 1 amide bonds. The standard InChI is InChI=1S/C19H28N2O4S3/c1-15-6-7-16(14-18(15)28(23,24)21-9-11-25-12-10-21)20-19(22)5-3-2-4-17-8-13-26-27-17/h6-7,14,17H,2-5,8-13H2,1H3,(H,20,22). The maximum Gasteiger partial charge on any atom is 0.243 e. The van der Waals surface area contributed by atoms with Gasteiger partial charge in [0.15, 0.2) is 0 Å². The highest BCUT2D eigenvalue weighted by Gasteiger charge is 2.28. The molecule has 0 saturated carbocycles. The summed E-state index contributed by atoms with van der Waals surface area (Å²) >= 11 is 0. The van der Waals surface area contributed by atoms with Crippen LogP contribution in [0.4, 0.5) is 5.69 Å². The van der Waals surface area contributed by atoms with E-state index in [1.54, 1.807) is 25.1 Å². The summed E-state index contributed by atoms with van der Waals surface area (Å²) in [4.78, 5) is 12.5. The van der Waals surface area contributed by atoms with E-state index in [0.29, 0.717) is 44.0 Å². The van der Waals surface area contributed by atoms with Gasteiger partial charge in [0.1, 0.15) is 0 Å². The molecule has 9 heteroatoms. The number of nitrogens with one attached hydrogen (secondary N) is 1. The molecule has 0 spiro atoms. The molecule has 156 valence electrons. The van der Waals surface area contributed by atoms with Gasteiger partial charge in [-0.2, -0.15) is 4.31 Å². The number of sulfonamides is 1. The number of aryl methyl sites for hydroxylation is 1. The van der Waals surface area contributed by atoms with Crippen molar-refractivity contribution in [2.45, 2.75) is 49.2 Å². The van der Waals surface area contributed by atoms with Gasteiger partial charge in [-0.25, -0.2) is 8.42 Å². The van der Waals surface area contributed by atoms with Gasteiger partial charge in [-0.05, 0) is 43.9 Å². The van der Waals surface area contributed by atoms with Gasteiger partial charge in [-0.1, -0.05) is 34.1 Å². The van der Waals surface area contributed by atoms with Gasteiger partial charge in [0.2, 0.25) is 15.9 Å². The lowest BCUT2D eigenvalue weighted by Crippen LogP contribution is -2.40. The van der Waals surface area contributed by atoms with Crippen LogP contribution in [0.15, 0.2) is 23.1 Å². The molecule has 2 aliphatic rings. The second-order valence-corrected chi connectivity index (χ2v) is 11.8. The maximum absolute atomic E-state index is 12.9.